The van der Waals surface area contributed by atoms with Crippen LogP contribution < -0.4 is 11.1 Å². The van der Waals surface area contributed by atoms with Crippen LogP contribution in [0, 0.1) is 5.92 Å². The zero-order valence-corrected chi connectivity index (χ0v) is 15.2. The number of benzene rings is 1. The number of nitrogens with zero attached hydrogens (tertiary/aromatic N) is 1. The smallest absolute Gasteiger partial charge is 0.249 e. The fourth-order valence-electron chi connectivity index (χ4n) is 3.69. The number of nitrogens with two attached hydrogens (primary N) is 1. The predicted molar refractivity (Wildman–Crippen MR) is 98.9 cm³/mol. The second-order valence-corrected chi connectivity index (χ2v) is 7.56. The molecule has 0 unspecified atom stereocenters. The maximum absolute atomic E-state index is 12.2. The lowest BCUT2D eigenvalue weighted by atomic mass is 9.98. The van der Waals surface area contributed by atoms with Crippen LogP contribution in [0.25, 0.3) is 0 Å². The Morgan fingerprint density at radius 1 is 1.24 bits per heavy atom. The molecule has 0 spiro atoms. The molecule has 3 N–H and O–H groups in total. The predicted octanol–water partition coefficient (Wildman–Crippen LogP) is 2.04. The Balaban J connectivity index is 1.47. The molecule has 0 aliphatic carbocycles. The van der Waals surface area contributed by atoms with Crippen molar-refractivity contribution in [3.05, 3.63) is 35.4 Å². The number of ether oxygens (including phenoxy) is 1. The molecule has 3 rings (SSSR count). The minimum absolute atomic E-state index is 0.0219. The average Bonchev–Trinajstić information content (AvgIpc) is 3.11. The number of rotatable bonds is 6. The van der Waals surface area contributed by atoms with E-state index in [9.17, 15) is 4.79 Å². The molecule has 1 amide bonds. The van der Waals surface area contributed by atoms with Crippen LogP contribution >= 0.6 is 0 Å². The molecule has 2 aliphatic rings. The highest BCUT2D eigenvalue weighted by Crippen LogP contribution is 2.20. The maximum atomic E-state index is 12.2. The summed E-state index contributed by atoms with van der Waals surface area (Å²) in [5, 5.41) is 3.00. The van der Waals surface area contributed by atoms with Gasteiger partial charge in [0.1, 0.15) is 6.10 Å². The third-order valence-electron chi connectivity index (χ3n) is 5.40. The number of amides is 1. The fraction of sp³-hybridized carbons (Fsp3) is 0.650. The van der Waals surface area contributed by atoms with Gasteiger partial charge in [-0.2, -0.15) is 0 Å². The molecule has 0 aromatic heterocycles. The molecule has 138 valence electrons. The van der Waals surface area contributed by atoms with Crippen molar-refractivity contribution in [3.8, 4) is 0 Å². The molecule has 25 heavy (non-hydrogen) atoms. The lowest BCUT2D eigenvalue weighted by Gasteiger charge is -2.30. The second kappa shape index (κ2) is 8.79. The number of hydrogen-bond donors (Lipinski definition) is 2. The van der Waals surface area contributed by atoms with Crippen LogP contribution in [0.2, 0.25) is 0 Å². The van der Waals surface area contributed by atoms with Crippen LogP contribution in [0.4, 0.5) is 0 Å². The molecule has 0 bridgehead atoms. The molecule has 2 aliphatic heterocycles. The van der Waals surface area contributed by atoms with Crippen LogP contribution in [0.15, 0.2) is 24.3 Å². The Morgan fingerprint density at radius 2 is 2.00 bits per heavy atom. The summed E-state index contributed by atoms with van der Waals surface area (Å²) in [6.07, 6.45) is 3.92. The lowest BCUT2D eigenvalue weighted by molar-refractivity contribution is -0.132. The Hall–Kier alpha value is -1.43. The SMILES string of the molecule is CC1CCN(Cc2cccc(CNC(=O)[C@@H]3CC[C@H](CN)O3)c2)CC1. The zero-order valence-electron chi connectivity index (χ0n) is 15.2. The van der Waals surface area contributed by atoms with E-state index in [2.05, 4.69) is 41.4 Å². The highest BCUT2D eigenvalue weighted by atomic mass is 16.5. The van der Waals surface area contributed by atoms with Gasteiger partial charge in [0.05, 0.1) is 6.10 Å². The third-order valence-corrected chi connectivity index (χ3v) is 5.40. The highest BCUT2D eigenvalue weighted by Gasteiger charge is 2.29. The van der Waals surface area contributed by atoms with Crippen molar-refractivity contribution in [1.82, 2.24) is 10.2 Å². The molecular formula is C20H31N3O2. The summed E-state index contributed by atoms with van der Waals surface area (Å²) in [5.41, 5.74) is 8.07. The van der Waals surface area contributed by atoms with Crippen molar-refractivity contribution in [2.24, 2.45) is 11.7 Å². The molecule has 2 atom stereocenters. The Bertz CT molecular complexity index is 570. The summed E-state index contributed by atoms with van der Waals surface area (Å²) in [6.45, 7) is 6.74. The fourth-order valence-corrected chi connectivity index (χ4v) is 3.69. The van der Waals surface area contributed by atoms with Gasteiger partial charge < -0.3 is 15.8 Å². The van der Waals surface area contributed by atoms with E-state index in [0.29, 0.717) is 13.1 Å². The van der Waals surface area contributed by atoms with Crippen LogP contribution in [-0.2, 0) is 22.6 Å². The van der Waals surface area contributed by atoms with Crippen molar-refractivity contribution < 1.29 is 9.53 Å². The van der Waals surface area contributed by atoms with Gasteiger partial charge in [0.15, 0.2) is 0 Å². The third kappa shape index (κ3) is 5.27. The largest absolute Gasteiger partial charge is 0.364 e. The standard InChI is InChI=1S/C20H31N3O2/c1-15-7-9-23(10-8-15)14-17-4-2-3-16(11-17)13-22-20(24)19-6-5-18(12-21)25-19/h2-4,11,15,18-19H,5-10,12-14,21H2,1H3,(H,22,24)/t18-,19+/m1/s1. The molecule has 5 heteroatoms. The van der Waals surface area contributed by atoms with E-state index < -0.39 is 0 Å². The van der Waals surface area contributed by atoms with Crippen molar-refractivity contribution in [3.63, 3.8) is 0 Å². The molecule has 2 saturated heterocycles. The monoisotopic (exact) mass is 345 g/mol. The summed E-state index contributed by atoms with van der Waals surface area (Å²) >= 11 is 0. The summed E-state index contributed by atoms with van der Waals surface area (Å²) < 4.78 is 5.65. The topological polar surface area (TPSA) is 67.6 Å². The van der Waals surface area contributed by atoms with Gasteiger partial charge >= 0.3 is 0 Å². The van der Waals surface area contributed by atoms with E-state index in [4.69, 9.17) is 10.5 Å². The van der Waals surface area contributed by atoms with Gasteiger partial charge in [0.2, 0.25) is 5.91 Å². The molecular weight excluding hydrogens is 314 g/mol. The quantitative estimate of drug-likeness (QED) is 0.828. The molecule has 5 nitrogen and oxygen atoms in total. The van der Waals surface area contributed by atoms with Crippen LogP contribution in [0.1, 0.15) is 43.7 Å². The summed E-state index contributed by atoms with van der Waals surface area (Å²) in [7, 11) is 0. The van der Waals surface area contributed by atoms with Gasteiger partial charge in [-0.25, -0.2) is 0 Å². The van der Waals surface area contributed by atoms with Crippen LogP contribution in [-0.4, -0.2) is 42.6 Å². The lowest BCUT2D eigenvalue weighted by Crippen LogP contribution is -2.35. The first kappa shape index (κ1) is 18.4. The Morgan fingerprint density at radius 3 is 2.72 bits per heavy atom. The van der Waals surface area contributed by atoms with Gasteiger partial charge in [-0.15, -0.1) is 0 Å². The van der Waals surface area contributed by atoms with E-state index in [0.717, 1.165) is 30.9 Å². The molecule has 0 radical (unpaired) electrons. The molecule has 2 fully saturated rings. The Labute approximate surface area is 150 Å². The van der Waals surface area contributed by atoms with E-state index in [1.807, 2.05) is 0 Å². The van der Waals surface area contributed by atoms with Crippen molar-refractivity contribution in [1.29, 1.82) is 0 Å². The number of likely N-dealkylation sites (tertiary alicyclic amines) is 1. The molecule has 0 saturated carbocycles. The van der Waals surface area contributed by atoms with E-state index in [1.165, 1.54) is 31.5 Å². The Kier molecular flexibility index (Phi) is 6.45. The second-order valence-electron chi connectivity index (χ2n) is 7.56. The van der Waals surface area contributed by atoms with E-state index in [1.54, 1.807) is 0 Å². The van der Waals surface area contributed by atoms with Gasteiger partial charge in [-0.1, -0.05) is 31.2 Å². The van der Waals surface area contributed by atoms with E-state index >= 15 is 0 Å². The summed E-state index contributed by atoms with van der Waals surface area (Å²) in [6, 6.07) is 8.53. The number of piperidine rings is 1. The van der Waals surface area contributed by atoms with Gasteiger partial charge in [0.25, 0.3) is 0 Å². The first-order valence-electron chi connectivity index (χ1n) is 9.57. The molecule has 1 aromatic rings. The van der Waals surface area contributed by atoms with Crippen LogP contribution in [0.3, 0.4) is 0 Å². The van der Waals surface area contributed by atoms with Crippen LogP contribution in [0.5, 0.6) is 0 Å². The summed E-state index contributed by atoms with van der Waals surface area (Å²) in [5.74, 6) is 0.834. The number of nitrogens with one attached hydrogen (secondary N) is 1. The zero-order chi connectivity index (χ0) is 17.6. The first-order chi connectivity index (χ1) is 12.1. The van der Waals surface area contributed by atoms with Crippen molar-refractivity contribution in [2.45, 2.75) is 57.9 Å². The van der Waals surface area contributed by atoms with Crippen molar-refractivity contribution >= 4 is 5.91 Å². The first-order valence-corrected chi connectivity index (χ1v) is 9.57. The van der Waals surface area contributed by atoms with Gasteiger partial charge in [-0.05, 0) is 55.8 Å². The minimum atomic E-state index is -0.341. The molecule has 1 aromatic carbocycles. The highest BCUT2D eigenvalue weighted by molar-refractivity contribution is 5.81. The maximum Gasteiger partial charge on any atom is 0.249 e. The number of carbonyl (C=O) groups is 1. The number of carbonyl (C=O) groups excluding carboxylic acids is 1. The van der Waals surface area contributed by atoms with E-state index in [-0.39, 0.29) is 18.1 Å². The molecule has 2 heterocycles. The van der Waals surface area contributed by atoms with Gasteiger partial charge in [0, 0.05) is 19.6 Å². The summed E-state index contributed by atoms with van der Waals surface area (Å²) in [4.78, 5) is 14.8. The minimum Gasteiger partial charge on any atom is -0.364 e. The van der Waals surface area contributed by atoms with Gasteiger partial charge in [-0.3, -0.25) is 9.69 Å². The average molecular weight is 345 g/mol. The normalized spacial score (nSPS) is 25.2. The number of hydrogen-bond acceptors (Lipinski definition) is 4. The van der Waals surface area contributed by atoms with Crippen molar-refractivity contribution in [2.75, 3.05) is 19.6 Å².